The number of phenols is 4. The molecule has 0 aromatic heterocycles. The number of para-hydroxylation sites is 2. The highest BCUT2D eigenvalue weighted by molar-refractivity contribution is 6.10. The Morgan fingerprint density at radius 3 is 0.984 bits per heavy atom. The summed E-state index contributed by atoms with van der Waals surface area (Å²) in [6, 6.07) is 40.3. The summed E-state index contributed by atoms with van der Waals surface area (Å²) < 4.78 is 0. The third-order valence-electron chi connectivity index (χ3n) is 10.5. The van der Waals surface area contributed by atoms with Crippen LogP contribution in [0.1, 0.15) is 11.1 Å². The molecule has 0 amide bonds. The van der Waals surface area contributed by atoms with Gasteiger partial charge in [0.25, 0.3) is 0 Å². The highest BCUT2D eigenvalue weighted by atomic mass is 16.3. The van der Waals surface area contributed by atoms with Gasteiger partial charge in [-0.2, -0.15) is 0 Å². The Labute approximate surface area is 372 Å². The summed E-state index contributed by atoms with van der Waals surface area (Å²) >= 11 is 0. The number of benzene rings is 6. The van der Waals surface area contributed by atoms with Crippen molar-refractivity contribution in [3.63, 3.8) is 0 Å². The van der Waals surface area contributed by atoms with Crippen LogP contribution >= 0.6 is 0 Å². The minimum absolute atomic E-state index is 0.214. The van der Waals surface area contributed by atoms with Crippen molar-refractivity contribution >= 4 is 33.9 Å². The summed E-state index contributed by atoms with van der Waals surface area (Å²) in [6.45, 7) is 15.3. The van der Waals surface area contributed by atoms with Gasteiger partial charge in [-0.05, 0) is 119 Å². The normalized spacial score (nSPS) is 12.9. The Morgan fingerprint density at radius 2 is 0.688 bits per heavy atom. The van der Waals surface area contributed by atoms with Crippen molar-refractivity contribution in [2.24, 2.45) is 0 Å². The fraction of sp³-hybridized carbons (Fsp3) is 0. The molecule has 6 N–H and O–H groups in total. The molecule has 6 aromatic carbocycles. The zero-order valence-electron chi connectivity index (χ0n) is 34.9. The molecule has 8 heteroatoms. The van der Waals surface area contributed by atoms with Gasteiger partial charge in [-0.15, -0.1) is 0 Å². The van der Waals surface area contributed by atoms with Gasteiger partial charge < -0.3 is 40.4 Å². The Balaban J connectivity index is 1.15. The van der Waals surface area contributed by atoms with Gasteiger partial charge in [-0.25, -0.2) is 0 Å². The van der Waals surface area contributed by atoms with E-state index in [1.54, 1.807) is 24.3 Å². The molecular formula is C56H46N2O6. The number of hydrogen-bond donors (Lipinski definition) is 6. The van der Waals surface area contributed by atoms with Crippen molar-refractivity contribution in [1.29, 1.82) is 0 Å². The minimum Gasteiger partial charge on any atom is -0.507 e. The topological polar surface area (TPSA) is 128 Å². The zero-order valence-corrected chi connectivity index (χ0v) is 34.9. The van der Waals surface area contributed by atoms with Crippen molar-refractivity contribution in [3.05, 3.63) is 255 Å². The van der Waals surface area contributed by atoms with E-state index >= 15 is 0 Å². The molecule has 0 bridgehead atoms. The maximum absolute atomic E-state index is 11.3. The van der Waals surface area contributed by atoms with Crippen LogP contribution < -0.4 is 9.80 Å². The quantitative estimate of drug-likeness (QED) is 0.0532. The largest absolute Gasteiger partial charge is 0.507 e. The Hall–Kier alpha value is -8.88. The van der Waals surface area contributed by atoms with Crippen LogP contribution in [-0.2, 0) is 0 Å². The van der Waals surface area contributed by atoms with E-state index in [4.69, 9.17) is 0 Å². The van der Waals surface area contributed by atoms with Crippen LogP contribution in [0.3, 0.4) is 0 Å². The van der Waals surface area contributed by atoms with E-state index in [9.17, 15) is 30.6 Å². The number of anilines is 4. The second-order valence-electron chi connectivity index (χ2n) is 14.5. The number of rotatable bonds is 16. The first-order valence-corrected chi connectivity index (χ1v) is 20.2. The lowest BCUT2D eigenvalue weighted by molar-refractivity contribution is 0.382. The highest BCUT2D eigenvalue weighted by Gasteiger charge is 2.37. The molecule has 7 rings (SSSR count). The molecule has 0 unspecified atom stereocenters. The van der Waals surface area contributed by atoms with E-state index in [1.165, 1.54) is 24.3 Å². The summed E-state index contributed by atoms with van der Waals surface area (Å²) in [6.07, 6.45) is 18.1. The number of hydrogen-bond acceptors (Lipinski definition) is 8. The van der Waals surface area contributed by atoms with Crippen molar-refractivity contribution in [2.45, 2.75) is 0 Å². The average molecular weight is 843 g/mol. The summed E-state index contributed by atoms with van der Waals surface area (Å²) in [5.74, 6) is -2.72. The first-order chi connectivity index (χ1) is 31.1. The van der Waals surface area contributed by atoms with Crippen molar-refractivity contribution in [3.8, 4) is 45.3 Å². The molecule has 6 aromatic rings. The van der Waals surface area contributed by atoms with Crippen LogP contribution in [0, 0.1) is 0 Å². The number of nitrogens with zero attached hydrogens (tertiary/aromatic N) is 2. The summed E-state index contributed by atoms with van der Waals surface area (Å²) in [7, 11) is 0. The molecule has 64 heavy (non-hydrogen) atoms. The predicted molar refractivity (Wildman–Crippen MR) is 262 cm³/mol. The maximum Gasteiger partial charge on any atom is 0.139 e. The lowest BCUT2D eigenvalue weighted by atomic mass is 9.82. The molecule has 1 aliphatic rings. The first-order valence-electron chi connectivity index (χ1n) is 20.2. The average Bonchev–Trinajstić information content (AvgIpc) is 3.30. The van der Waals surface area contributed by atoms with E-state index in [0.717, 1.165) is 34.1 Å². The Morgan fingerprint density at radius 1 is 0.375 bits per heavy atom. The Bertz CT molecular complexity index is 2680. The molecule has 0 saturated carbocycles. The molecule has 1 aliphatic carbocycles. The number of aliphatic hydroxyl groups excluding tert-OH is 2. The molecule has 8 nitrogen and oxygen atoms in total. The molecule has 316 valence electrons. The van der Waals surface area contributed by atoms with Gasteiger partial charge in [0.2, 0.25) is 0 Å². The van der Waals surface area contributed by atoms with Gasteiger partial charge in [0, 0.05) is 34.1 Å². The van der Waals surface area contributed by atoms with Gasteiger partial charge in [0.05, 0.1) is 22.3 Å². The van der Waals surface area contributed by atoms with Crippen LogP contribution in [0.2, 0.25) is 0 Å². The van der Waals surface area contributed by atoms with Gasteiger partial charge in [0.15, 0.2) is 0 Å². The molecule has 0 fully saturated rings. The number of aromatic hydroxyl groups is 4. The maximum atomic E-state index is 11.3. The standard InChI is InChI=1S/C56H46N2O6/c1-5-9-19-41(17-7-3)57(43-21-13-11-14-22-43)45-29-25-37(26-30-45)39-33-47(59)51(48(60)34-39)53-55(63)54(56(53)64)52-49(61)35-40(36-50(52)62)38-27-31-46(32-28-38)58(44-23-15-12-16-24-44)42(18-8-4)20-10-6-2/h5-36,59-64H,1-4H2/b19-9-,20-10-,41-17+,42-18+. The first kappa shape index (κ1) is 43.2. The third-order valence-corrected chi connectivity index (χ3v) is 10.5. The summed E-state index contributed by atoms with van der Waals surface area (Å²) in [5.41, 5.74) is 6.55. The van der Waals surface area contributed by atoms with Gasteiger partial charge in [-0.1, -0.05) is 123 Å². The molecule has 0 aliphatic heterocycles. The SMILES string of the molecule is C=C/C=C\C(=C/C=C)N(c1ccccc1)c1ccc(-c2cc(O)c(C3=C(O)C(c4c(O)cc(-c5ccc(N(C(/C=C\C=C)=C/C=C)c6ccccc6)cc5)cc4O)=C3O)c(O)c2)cc1. The van der Waals surface area contributed by atoms with E-state index in [0.29, 0.717) is 22.3 Å². The van der Waals surface area contributed by atoms with Crippen LogP contribution in [0.5, 0.6) is 23.0 Å². The van der Waals surface area contributed by atoms with Crippen molar-refractivity contribution in [1.82, 2.24) is 0 Å². The lowest BCUT2D eigenvalue weighted by Crippen LogP contribution is -2.15. The highest BCUT2D eigenvalue weighted by Crippen LogP contribution is 2.54. The van der Waals surface area contributed by atoms with E-state index in [2.05, 4.69) is 26.3 Å². The minimum atomic E-state index is -0.535. The van der Waals surface area contributed by atoms with Crippen LogP contribution in [0.15, 0.2) is 243 Å². The van der Waals surface area contributed by atoms with E-state index < -0.39 is 34.5 Å². The predicted octanol–water partition coefficient (Wildman–Crippen LogP) is 14.0. The smallest absolute Gasteiger partial charge is 0.139 e. The number of allylic oxidation sites excluding steroid dienone is 12. The van der Waals surface area contributed by atoms with Crippen LogP contribution in [0.4, 0.5) is 22.7 Å². The molecular weight excluding hydrogens is 797 g/mol. The number of aliphatic hydroxyl groups is 2. The number of phenolic OH excluding ortho intramolecular Hbond substituents is 4. The summed E-state index contributed by atoms with van der Waals surface area (Å²) in [4.78, 5) is 4.10. The fourth-order valence-corrected chi connectivity index (χ4v) is 7.59. The van der Waals surface area contributed by atoms with Gasteiger partial charge in [-0.3, -0.25) is 0 Å². The van der Waals surface area contributed by atoms with E-state index in [-0.39, 0.29) is 22.3 Å². The molecule has 0 heterocycles. The molecule has 0 spiro atoms. The van der Waals surface area contributed by atoms with Crippen molar-refractivity contribution in [2.75, 3.05) is 9.80 Å². The zero-order chi connectivity index (χ0) is 45.3. The molecule has 0 radical (unpaired) electrons. The molecule has 0 saturated heterocycles. The lowest BCUT2D eigenvalue weighted by Gasteiger charge is -2.27. The van der Waals surface area contributed by atoms with Crippen molar-refractivity contribution < 1.29 is 30.6 Å². The second kappa shape index (κ2) is 19.2. The second-order valence-corrected chi connectivity index (χ2v) is 14.5. The van der Waals surface area contributed by atoms with Crippen LogP contribution in [-0.4, -0.2) is 30.6 Å². The third kappa shape index (κ3) is 8.66. The molecule has 0 atom stereocenters. The van der Waals surface area contributed by atoms with Gasteiger partial charge >= 0.3 is 0 Å². The van der Waals surface area contributed by atoms with Gasteiger partial charge in [0.1, 0.15) is 34.5 Å². The monoisotopic (exact) mass is 842 g/mol. The Kier molecular flexibility index (Phi) is 13.0. The van der Waals surface area contributed by atoms with E-state index in [1.807, 2.05) is 155 Å². The fourth-order valence-electron chi connectivity index (χ4n) is 7.59. The van der Waals surface area contributed by atoms with Crippen LogP contribution in [0.25, 0.3) is 33.4 Å². The summed E-state index contributed by atoms with van der Waals surface area (Å²) in [5, 5.41) is 67.6.